The second-order valence-electron chi connectivity index (χ2n) is 5.89. The summed E-state index contributed by atoms with van der Waals surface area (Å²) in [6, 6.07) is 12.0. The van der Waals surface area contributed by atoms with Crippen LogP contribution in [0.5, 0.6) is 0 Å². The first kappa shape index (κ1) is 13.6. The van der Waals surface area contributed by atoms with Crippen LogP contribution >= 0.6 is 0 Å². The van der Waals surface area contributed by atoms with Crippen molar-refractivity contribution in [2.75, 3.05) is 13.1 Å². The van der Waals surface area contributed by atoms with E-state index in [4.69, 9.17) is 0 Å². The van der Waals surface area contributed by atoms with Gasteiger partial charge in [-0.25, -0.2) is 0 Å². The van der Waals surface area contributed by atoms with Gasteiger partial charge in [-0.15, -0.1) is 0 Å². The Morgan fingerprint density at radius 2 is 1.83 bits per heavy atom. The summed E-state index contributed by atoms with van der Waals surface area (Å²) in [4.78, 5) is 0. The summed E-state index contributed by atoms with van der Waals surface area (Å²) in [5.41, 5.74) is 1.51. The van der Waals surface area contributed by atoms with E-state index in [-0.39, 0.29) is 0 Å². The Kier molecular flexibility index (Phi) is 4.79. The van der Waals surface area contributed by atoms with Crippen molar-refractivity contribution < 1.29 is 0 Å². The standard InChI is InChI=1S/C16H26N2/c1-12(2)17-10-13(3)18-11-15-9-16(15)14-7-5-4-6-8-14/h4-8,12-13,15-18H,9-11H2,1-3H3. The lowest BCUT2D eigenvalue weighted by Crippen LogP contribution is -2.39. The maximum Gasteiger partial charge on any atom is 0.0164 e. The lowest BCUT2D eigenvalue weighted by Gasteiger charge is -2.16. The number of rotatable bonds is 7. The second-order valence-corrected chi connectivity index (χ2v) is 5.89. The van der Waals surface area contributed by atoms with Gasteiger partial charge in [0.25, 0.3) is 0 Å². The third-order valence-corrected chi connectivity index (χ3v) is 3.71. The van der Waals surface area contributed by atoms with Crippen LogP contribution in [-0.4, -0.2) is 25.2 Å². The summed E-state index contributed by atoms with van der Waals surface area (Å²) in [6.07, 6.45) is 1.35. The lowest BCUT2D eigenvalue weighted by molar-refractivity contribution is 0.464. The minimum Gasteiger partial charge on any atom is -0.313 e. The monoisotopic (exact) mass is 246 g/mol. The van der Waals surface area contributed by atoms with Crippen LogP contribution in [0.3, 0.4) is 0 Å². The highest BCUT2D eigenvalue weighted by Gasteiger charge is 2.37. The molecule has 3 atom stereocenters. The maximum atomic E-state index is 3.64. The molecule has 1 aliphatic carbocycles. The molecule has 1 aliphatic rings. The van der Waals surface area contributed by atoms with Gasteiger partial charge in [-0.3, -0.25) is 0 Å². The molecule has 0 spiro atoms. The van der Waals surface area contributed by atoms with Gasteiger partial charge >= 0.3 is 0 Å². The normalized spacial score (nSPS) is 24.2. The van der Waals surface area contributed by atoms with E-state index in [0.717, 1.165) is 24.9 Å². The summed E-state index contributed by atoms with van der Waals surface area (Å²) in [6.45, 7) is 8.86. The van der Waals surface area contributed by atoms with Crippen LogP contribution in [0.25, 0.3) is 0 Å². The van der Waals surface area contributed by atoms with Crippen molar-refractivity contribution in [3.05, 3.63) is 35.9 Å². The topological polar surface area (TPSA) is 24.1 Å². The SMILES string of the molecule is CC(C)NCC(C)NCC1CC1c1ccccc1. The Hall–Kier alpha value is -0.860. The highest BCUT2D eigenvalue weighted by atomic mass is 15.0. The molecule has 0 amide bonds. The maximum absolute atomic E-state index is 3.64. The van der Waals surface area contributed by atoms with Gasteiger partial charge in [0, 0.05) is 18.6 Å². The summed E-state index contributed by atoms with van der Waals surface area (Å²) in [5.74, 6) is 1.64. The van der Waals surface area contributed by atoms with Gasteiger partial charge in [-0.1, -0.05) is 44.2 Å². The van der Waals surface area contributed by atoms with E-state index in [9.17, 15) is 0 Å². The van der Waals surface area contributed by atoms with E-state index < -0.39 is 0 Å². The van der Waals surface area contributed by atoms with Gasteiger partial charge in [0.2, 0.25) is 0 Å². The molecule has 0 saturated heterocycles. The number of hydrogen-bond acceptors (Lipinski definition) is 2. The van der Waals surface area contributed by atoms with Crippen LogP contribution in [0.1, 0.15) is 38.7 Å². The second kappa shape index (κ2) is 6.35. The van der Waals surface area contributed by atoms with Crippen LogP contribution in [0.2, 0.25) is 0 Å². The minimum absolute atomic E-state index is 0.560. The molecule has 18 heavy (non-hydrogen) atoms. The van der Waals surface area contributed by atoms with Gasteiger partial charge in [-0.05, 0) is 37.3 Å². The molecule has 2 N–H and O–H groups in total. The molecule has 100 valence electrons. The zero-order valence-corrected chi connectivity index (χ0v) is 11.8. The fourth-order valence-electron chi connectivity index (χ4n) is 2.42. The van der Waals surface area contributed by atoms with Crippen LogP contribution in [0, 0.1) is 5.92 Å². The summed E-state index contributed by atoms with van der Waals surface area (Å²) >= 11 is 0. The highest BCUT2D eigenvalue weighted by molar-refractivity contribution is 5.25. The van der Waals surface area contributed by atoms with E-state index in [1.165, 1.54) is 12.0 Å². The van der Waals surface area contributed by atoms with Gasteiger partial charge in [0.15, 0.2) is 0 Å². The summed E-state index contributed by atoms with van der Waals surface area (Å²) < 4.78 is 0. The quantitative estimate of drug-likeness (QED) is 0.773. The molecule has 2 rings (SSSR count). The number of hydrogen-bond donors (Lipinski definition) is 2. The van der Waals surface area contributed by atoms with Gasteiger partial charge in [0.05, 0.1) is 0 Å². The third kappa shape index (κ3) is 4.11. The third-order valence-electron chi connectivity index (χ3n) is 3.71. The first-order valence-electron chi connectivity index (χ1n) is 7.18. The molecule has 0 aromatic heterocycles. The molecule has 1 aromatic rings. The van der Waals surface area contributed by atoms with Crippen LogP contribution in [-0.2, 0) is 0 Å². The van der Waals surface area contributed by atoms with Crippen LogP contribution in [0.4, 0.5) is 0 Å². The molecule has 0 heterocycles. The van der Waals surface area contributed by atoms with E-state index in [2.05, 4.69) is 61.7 Å². The number of nitrogens with one attached hydrogen (secondary N) is 2. The first-order chi connectivity index (χ1) is 8.66. The Labute approximate surface area is 111 Å². The fourth-order valence-corrected chi connectivity index (χ4v) is 2.42. The largest absolute Gasteiger partial charge is 0.313 e. The predicted octanol–water partition coefficient (Wildman–Crippen LogP) is 2.77. The van der Waals surface area contributed by atoms with Gasteiger partial charge in [0.1, 0.15) is 0 Å². The Morgan fingerprint density at radius 1 is 1.11 bits per heavy atom. The van der Waals surface area contributed by atoms with Crippen LogP contribution in [0.15, 0.2) is 30.3 Å². The van der Waals surface area contributed by atoms with Crippen molar-refractivity contribution in [3.63, 3.8) is 0 Å². The van der Waals surface area contributed by atoms with E-state index in [0.29, 0.717) is 12.1 Å². The average Bonchev–Trinajstić information content (AvgIpc) is 3.14. The highest BCUT2D eigenvalue weighted by Crippen LogP contribution is 2.46. The summed E-state index contributed by atoms with van der Waals surface area (Å²) in [7, 11) is 0. The molecule has 0 aliphatic heterocycles. The number of benzene rings is 1. The smallest absolute Gasteiger partial charge is 0.0164 e. The average molecular weight is 246 g/mol. The van der Waals surface area contributed by atoms with Gasteiger partial charge in [-0.2, -0.15) is 0 Å². The Balaban J connectivity index is 1.65. The minimum atomic E-state index is 0.560. The van der Waals surface area contributed by atoms with E-state index in [1.807, 2.05) is 0 Å². The van der Waals surface area contributed by atoms with Crippen molar-refractivity contribution in [3.8, 4) is 0 Å². The molecular formula is C16H26N2. The first-order valence-corrected chi connectivity index (χ1v) is 7.18. The molecular weight excluding hydrogens is 220 g/mol. The zero-order chi connectivity index (χ0) is 13.0. The van der Waals surface area contributed by atoms with Crippen LogP contribution < -0.4 is 10.6 Å². The van der Waals surface area contributed by atoms with Gasteiger partial charge < -0.3 is 10.6 Å². The van der Waals surface area contributed by atoms with Crippen molar-refractivity contribution in [2.24, 2.45) is 5.92 Å². The fraction of sp³-hybridized carbons (Fsp3) is 0.625. The van der Waals surface area contributed by atoms with Crippen molar-refractivity contribution in [1.82, 2.24) is 10.6 Å². The molecule has 1 aromatic carbocycles. The molecule has 2 heteroatoms. The Morgan fingerprint density at radius 3 is 2.50 bits per heavy atom. The molecule has 2 nitrogen and oxygen atoms in total. The van der Waals surface area contributed by atoms with E-state index >= 15 is 0 Å². The molecule has 1 fully saturated rings. The van der Waals surface area contributed by atoms with E-state index in [1.54, 1.807) is 0 Å². The molecule has 1 saturated carbocycles. The Bertz CT molecular complexity index is 347. The van der Waals surface area contributed by atoms with Crippen molar-refractivity contribution >= 4 is 0 Å². The molecule has 0 bridgehead atoms. The molecule has 3 unspecified atom stereocenters. The van der Waals surface area contributed by atoms with Crippen molar-refractivity contribution in [2.45, 2.75) is 45.2 Å². The lowest BCUT2D eigenvalue weighted by atomic mass is 10.1. The zero-order valence-electron chi connectivity index (χ0n) is 11.8. The summed E-state index contributed by atoms with van der Waals surface area (Å²) in [5, 5.41) is 7.11. The van der Waals surface area contributed by atoms with Crippen molar-refractivity contribution in [1.29, 1.82) is 0 Å². The molecule has 0 radical (unpaired) electrons. The predicted molar refractivity (Wildman–Crippen MR) is 77.9 cm³/mol.